The minimum atomic E-state index is -4.52. The molecule has 0 spiro atoms. The van der Waals surface area contributed by atoms with Gasteiger partial charge in [0.1, 0.15) is 11.7 Å². The van der Waals surface area contributed by atoms with Crippen LogP contribution in [-0.4, -0.2) is 54.9 Å². The van der Waals surface area contributed by atoms with Crippen LogP contribution in [0.2, 0.25) is 0 Å². The minimum absolute atomic E-state index is 0.0349. The molecule has 2 amide bonds. The highest BCUT2D eigenvalue weighted by Crippen LogP contribution is 2.41. The lowest BCUT2D eigenvalue weighted by Crippen LogP contribution is -2.38. The average Bonchev–Trinajstić information content (AvgIpc) is 3.56. The number of nitrogens with zero attached hydrogens (tertiary/aromatic N) is 5. The largest absolute Gasteiger partial charge is 0.408 e. The van der Waals surface area contributed by atoms with Gasteiger partial charge >= 0.3 is 6.18 Å². The SMILES string of the molecule is Cc1nonc1C(=O)N[C@H](c1cn2ncc(C[C@H]3C[C@@H](C(F)(F)F)NC3=O)cc2n1)C1CCC(F)(F)CC1. The lowest BCUT2D eigenvalue weighted by molar-refractivity contribution is -0.154. The number of rotatable bonds is 6. The van der Waals surface area contributed by atoms with Gasteiger partial charge in [-0.1, -0.05) is 5.16 Å². The quantitative estimate of drug-likeness (QED) is 0.459. The van der Waals surface area contributed by atoms with Gasteiger partial charge in [-0.05, 0) is 55.3 Å². The van der Waals surface area contributed by atoms with Crippen molar-refractivity contribution in [3.8, 4) is 0 Å². The molecule has 1 saturated carbocycles. The molecule has 5 rings (SSSR count). The van der Waals surface area contributed by atoms with Crippen molar-refractivity contribution in [1.29, 1.82) is 0 Å². The van der Waals surface area contributed by atoms with E-state index in [1.54, 1.807) is 19.2 Å². The molecular formula is C23H24F5N7O3. The van der Waals surface area contributed by atoms with Crippen LogP contribution >= 0.6 is 0 Å². The fourth-order valence-electron chi connectivity index (χ4n) is 5.09. The first kappa shape index (κ1) is 26.0. The maximum Gasteiger partial charge on any atom is 0.408 e. The predicted octanol–water partition coefficient (Wildman–Crippen LogP) is 3.33. The van der Waals surface area contributed by atoms with Gasteiger partial charge in [-0.15, -0.1) is 0 Å². The number of carbonyl (C=O) groups excluding carboxylic acids is 2. The Bertz CT molecular complexity index is 1340. The van der Waals surface area contributed by atoms with Crippen LogP contribution in [0.3, 0.4) is 0 Å². The molecule has 10 nitrogen and oxygen atoms in total. The molecule has 3 atom stereocenters. The number of imidazole rings is 1. The summed E-state index contributed by atoms with van der Waals surface area (Å²) in [6.45, 7) is 1.54. The third kappa shape index (κ3) is 5.31. The molecule has 0 aromatic carbocycles. The normalized spacial score (nSPS) is 22.9. The number of carbonyl (C=O) groups is 2. The molecule has 4 heterocycles. The monoisotopic (exact) mass is 541 g/mol. The van der Waals surface area contributed by atoms with Gasteiger partial charge in [-0.25, -0.2) is 22.9 Å². The molecule has 2 fully saturated rings. The number of halogens is 5. The van der Waals surface area contributed by atoms with Crippen molar-refractivity contribution in [3.05, 3.63) is 41.1 Å². The van der Waals surface area contributed by atoms with Gasteiger partial charge in [0.15, 0.2) is 11.3 Å². The van der Waals surface area contributed by atoms with Crippen molar-refractivity contribution in [2.75, 3.05) is 0 Å². The van der Waals surface area contributed by atoms with Crippen molar-refractivity contribution in [1.82, 2.24) is 35.5 Å². The summed E-state index contributed by atoms with van der Waals surface area (Å²) < 4.78 is 72.7. The molecule has 204 valence electrons. The fraction of sp³-hybridized carbons (Fsp3) is 0.565. The molecule has 15 heteroatoms. The van der Waals surface area contributed by atoms with Crippen molar-refractivity contribution in [3.63, 3.8) is 0 Å². The van der Waals surface area contributed by atoms with E-state index in [1.165, 1.54) is 10.7 Å². The van der Waals surface area contributed by atoms with E-state index >= 15 is 0 Å². The van der Waals surface area contributed by atoms with Crippen molar-refractivity contribution in [2.24, 2.45) is 11.8 Å². The Morgan fingerprint density at radius 2 is 2.03 bits per heavy atom. The van der Waals surface area contributed by atoms with Crippen LogP contribution in [0.4, 0.5) is 22.0 Å². The van der Waals surface area contributed by atoms with E-state index in [1.807, 2.05) is 5.32 Å². The van der Waals surface area contributed by atoms with Gasteiger partial charge < -0.3 is 10.6 Å². The minimum Gasteiger partial charge on any atom is -0.344 e. The molecule has 0 unspecified atom stereocenters. The molecule has 3 aromatic rings. The van der Waals surface area contributed by atoms with E-state index in [4.69, 9.17) is 0 Å². The molecule has 3 aromatic heterocycles. The Hall–Kier alpha value is -3.65. The summed E-state index contributed by atoms with van der Waals surface area (Å²) >= 11 is 0. The third-order valence-corrected chi connectivity index (χ3v) is 7.19. The second-order valence-electron chi connectivity index (χ2n) is 9.91. The van der Waals surface area contributed by atoms with E-state index in [9.17, 15) is 31.5 Å². The average molecular weight is 541 g/mol. The van der Waals surface area contributed by atoms with E-state index in [-0.39, 0.29) is 55.8 Å². The van der Waals surface area contributed by atoms with Gasteiger partial charge in [0.2, 0.25) is 11.8 Å². The zero-order chi connectivity index (χ0) is 27.2. The highest BCUT2D eigenvalue weighted by molar-refractivity contribution is 5.93. The van der Waals surface area contributed by atoms with Crippen LogP contribution in [-0.2, 0) is 11.2 Å². The Morgan fingerprint density at radius 3 is 2.66 bits per heavy atom. The third-order valence-electron chi connectivity index (χ3n) is 7.19. The second-order valence-corrected chi connectivity index (χ2v) is 9.91. The Labute approximate surface area is 212 Å². The molecule has 0 radical (unpaired) electrons. The van der Waals surface area contributed by atoms with Gasteiger partial charge in [0.05, 0.1) is 24.1 Å². The van der Waals surface area contributed by atoms with E-state index in [2.05, 4.69) is 30.3 Å². The Balaban J connectivity index is 1.38. The Morgan fingerprint density at radius 1 is 1.29 bits per heavy atom. The van der Waals surface area contributed by atoms with Crippen molar-refractivity contribution in [2.45, 2.75) is 69.6 Å². The lowest BCUT2D eigenvalue weighted by atomic mass is 9.81. The first-order valence-corrected chi connectivity index (χ1v) is 12.1. The summed E-state index contributed by atoms with van der Waals surface area (Å²) in [4.78, 5) is 29.5. The van der Waals surface area contributed by atoms with E-state index < -0.39 is 41.9 Å². The number of fused-ring (bicyclic) bond motifs is 1. The van der Waals surface area contributed by atoms with Crippen molar-refractivity contribution < 1.29 is 36.2 Å². The van der Waals surface area contributed by atoms with Gasteiger partial charge in [-0.2, -0.15) is 18.3 Å². The molecule has 1 aliphatic carbocycles. The summed E-state index contributed by atoms with van der Waals surface area (Å²) in [5.74, 6) is -5.25. The molecule has 0 bridgehead atoms. The maximum atomic E-state index is 13.8. The summed E-state index contributed by atoms with van der Waals surface area (Å²) in [5, 5.41) is 16.3. The van der Waals surface area contributed by atoms with Gasteiger partial charge in [0.25, 0.3) is 5.91 Å². The smallest absolute Gasteiger partial charge is 0.344 e. The molecular weight excluding hydrogens is 517 g/mol. The lowest BCUT2D eigenvalue weighted by Gasteiger charge is -2.33. The topological polar surface area (TPSA) is 127 Å². The summed E-state index contributed by atoms with van der Waals surface area (Å²) in [6, 6.07) is -1.02. The zero-order valence-electron chi connectivity index (χ0n) is 20.1. The highest BCUT2D eigenvalue weighted by atomic mass is 19.4. The number of aryl methyl sites for hydroxylation is 1. The summed E-state index contributed by atoms with van der Waals surface area (Å²) in [5.41, 5.74) is 1.46. The molecule has 38 heavy (non-hydrogen) atoms. The number of aromatic nitrogens is 5. The Kier molecular flexibility index (Phi) is 6.55. The fourth-order valence-corrected chi connectivity index (χ4v) is 5.09. The van der Waals surface area contributed by atoms with Crippen LogP contribution < -0.4 is 10.6 Å². The molecule has 2 N–H and O–H groups in total. The summed E-state index contributed by atoms with van der Waals surface area (Å²) in [6.07, 6.45) is -2.20. The van der Waals surface area contributed by atoms with Crippen LogP contribution in [0.25, 0.3) is 5.65 Å². The molecule has 1 aliphatic heterocycles. The number of amides is 2. The van der Waals surface area contributed by atoms with E-state index in [0.29, 0.717) is 16.9 Å². The molecule has 2 aliphatic rings. The van der Waals surface area contributed by atoms with Crippen molar-refractivity contribution >= 4 is 17.5 Å². The molecule has 1 saturated heterocycles. The predicted molar refractivity (Wildman–Crippen MR) is 119 cm³/mol. The zero-order valence-corrected chi connectivity index (χ0v) is 20.1. The first-order valence-electron chi connectivity index (χ1n) is 12.1. The summed E-state index contributed by atoms with van der Waals surface area (Å²) in [7, 11) is 0. The second kappa shape index (κ2) is 9.58. The highest BCUT2D eigenvalue weighted by Gasteiger charge is 2.47. The van der Waals surface area contributed by atoms with Gasteiger partial charge in [-0.3, -0.25) is 9.59 Å². The number of alkyl halides is 5. The first-order chi connectivity index (χ1) is 17.9. The number of nitrogens with one attached hydrogen (secondary N) is 2. The van der Waals surface area contributed by atoms with Crippen LogP contribution in [0, 0.1) is 18.8 Å². The van der Waals surface area contributed by atoms with Gasteiger partial charge in [0, 0.05) is 18.8 Å². The number of hydrogen-bond donors (Lipinski definition) is 2. The van der Waals surface area contributed by atoms with Crippen LogP contribution in [0.1, 0.15) is 65.6 Å². The van der Waals surface area contributed by atoms with E-state index in [0.717, 1.165) is 0 Å². The maximum absolute atomic E-state index is 13.8. The number of hydrogen-bond acceptors (Lipinski definition) is 7. The van der Waals surface area contributed by atoms with Crippen LogP contribution in [0.15, 0.2) is 23.1 Å². The standard InChI is InChI=1S/C23H24F5N7O3/c1-11-18(34-38-33-11)21(37)32-19(13-2-4-22(24,25)5-3-13)15-10-35-17(30-15)7-12(9-29-35)6-14-8-16(23(26,27)28)31-20(14)36/h7,9-10,13-14,16,19H,2-6,8H2,1H3,(H,31,36)(H,32,37)/t14-,16-,19-/m0/s1. The van der Waals surface area contributed by atoms with Crippen LogP contribution in [0.5, 0.6) is 0 Å².